The van der Waals surface area contributed by atoms with Crippen molar-refractivity contribution < 1.29 is 27.5 Å². The Bertz CT molecular complexity index is 1860. The number of carbonyl (C=O) groups excluding carboxylic acids is 2. The van der Waals surface area contributed by atoms with Crippen molar-refractivity contribution >= 4 is 46.1 Å². The van der Waals surface area contributed by atoms with Crippen molar-refractivity contribution in [2.24, 2.45) is 0 Å². The van der Waals surface area contributed by atoms with Crippen LogP contribution in [0.15, 0.2) is 66.0 Å². The predicted molar refractivity (Wildman–Crippen MR) is 159 cm³/mol. The zero-order valence-electron chi connectivity index (χ0n) is 23.4. The van der Waals surface area contributed by atoms with Crippen molar-refractivity contribution in [1.82, 2.24) is 19.2 Å². The van der Waals surface area contributed by atoms with Crippen LogP contribution in [0.1, 0.15) is 30.4 Å². The number of hydrogen-bond acceptors (Lipinski definition) is 6. The Kier molecular flexibility index (Phi) is 8.70. The Hall–Kier alpha value is -4.75. The van der Waals surface area contributed by atoms with E-state index in [4.69, 9.17) is 16.3 Å². The molecule has 2 aromatic heterocycles. The summed E-state index contributed by atoms with van der Waals surface area (Å²) in [6, 6.07) is 8.68. The minimum atomic E-state index is -4.52. The first-order chi connectivity index (χ1) is 21.0. The summed E-state index contributed by atoms with van der Waals surface area (Å²) >= 11 is 6.22. The standard InChI is InChI=1S/C30H26ClF3N6O4/c1-3-23-26(21-10-7-19(31)15-22(21)36-24(41)4-2)28(43)40-29(37-27(38-40)17-11-13-44-14-12-17)39(23)16-25(42)35-20-8-5-18(6-9-20)30(32,33)34/h4-11,15H,2-3,12-14,16H2,1H3,(H,35,42)(H,36,41). The van der Waals surface area contributed by atoms with Crippen LogP contribution in [0.2, 0.25) is 5.02 Å². The minimum Gasteiger partial charge on any atom is -0.377 e. The van der Waals surface area contributed by atoms with Gasteiger partial charge in [0.25, 0.3) is 5.56 Å². The van der Waals surface area contributed by atoms with E-state index in [0.29, 0.717) is 35.9 Å². The quantitative estimate of drug-likeness (QED) is 0.254. The Morgan fingerprint density at radius 2 is 1.91 bits per heavy atom. The average Bonchev–Trinajstić information content (AvgIpc) is 3.45. The normalized spacial score (nSPS) is 13.4. The number of alkyl halides is 3. The van der Waals surface area contributed by atoms with Gasteiger partial charge in [-0.25, -0.2) is 0 Å². The number of nitrogens with zero attached hydrogens (tertiary/aromatic N) is 4. The lowest BCUT2D eigenvalue weighted by Gasteiger charge is -2.19. The molecule has 0 saturated heterocycles. The van der Waals surface area contributed by atoms with Gasteiger partial charge in [0.15, 0.2) is 5.82 Å². The highest BCUT2D eigenvalue weighted by Gasteiger charge is 2.30. The van der Waals surface area contributed by atoms with Gasteiger partial charge in [-0.3, -0.25) is 14.4 Å². The molecule has 0 saturated carbocycles. The molecule has 3 heterocycles. The summed E-state index contributed by atoms with van der Waals surface area (Å²) in [6.45, 7) is 5.70. The third kappa shape index (κ3) is 6.29. The van der Waals surface area contributed by atoms with Crippen LogP contribution in [-0.4, -0.2) is 44.2 Å². The molecule has 1 aliphatic rings. The van der Waals surface area contributed by atoms with E-state index in [1.807, 2.05) is 6.08 Å². The van der Waals surface area contributed by atoms with E-state index in [-0.39, 0.29) is 41.5 Å². The fourth-order valence-corrected chi connectivity index (χ4v) is 5.05. The Balaban J connectivity index is 1.66. The smallest absolute Gasteiger partial charge is 0.377 e. The second-order valence-corrected chi connectivity index (χ2v) is 10.2. The largest absolute Gasteiger partial charge is 0.416 e. The first-order valence-electron chi connectivity index (χ1n) is 13.5. The third-order valence-electron chi connectivity index (χ3n) is 6.93. The summed E-state index contributed by atoms with van der Waals surface area (Å²) in [5.41, 5.74) is 0.645. The molecule has 0 bridgehead atoms. The van der Waals surface area contributed by atoms with Crippen molar-refractivity contribution in [3.63, 3.8) is 0 Å². The van der Waals surface area contributed by atoms with Crippen molar-refractivity contribution in [3.8, 4) is 11.1 Å². The molecule has 2 amide bonds. The van der Waals surface area contributed by atoms with E-state index in [1.54, 1.807) is 19.1 Å². The lowest BCUT2D eigenvalue weighted by atomic mass is 10.0. The molecule has 2 N–H and O–H groups in total. The molecule has 10 nitrogen and oxygen atoms in total. The molecule has 0 aliphatic carbocycles. The molecular weight excluding hydrogens is 601 g/mol. The summed E-state index contributed by atoms with van der Waals surface area (Å²) in [6.07, 6.45) is -0.863. The molecule has 228 valence electrons. The fourth-order valence-electron chi connectivity index (χ4n) is 4.88. The third-order valence-corrected chi connectivity index (χ3v) is 7.16. The van der Waals surface area contributed by atoms with Gasteiger partial charge in [0.05, 0.1) is 30.0 Å². The molecule has 44 heavy (non-hydrogen) atoms. The van der Waals surface area contributed by atoms with Crippen LogP contribution in [0, 0.1) is 0 Å². The predicted octanol–water partition coefficient (Wildman–Crippen LogP) is 5.36. The van der Waals surface area contributed by atoms with Gasteiger partial charge in [-0.2, -0.15) is 22.7 Å². The van der Waals surface area contributed by atoms with Crippen LogP contribution < -0.4 is 16.2 Å². The molecule has 4 aromatic rings. The molecule has 0 radical (unpaired) electrons. The molecule has 14 heteroatoms. The number of halogens is 4. The summed E-state index contributed by atoms with van der Waals surface area (Å²) in [5, 5.41) is 10.1. The second-order valence-electron chi connectivity index (χ2n) is 9.77. The molecule has 0 spiro atoms. The number of amides is 2. The van der Waals surface area contributed by atoms with Gasteiger partial charge in [-0.1, -0.05) is 37.2 Å². The van der Waals surface area contributed by atoms with E-state index in [9.17, 15) is 27.6 Å². The van der Waals surface area contributed by atoms with Crippen LogP contribution in [0.3, 0.4) is 0 Å². The van der Waals surface area contributed by atoms with Gasteiger partial charge < -0.3 is 19.9 Å². The van der Waals surface area contributed by atoms with E-state index < -0.39 is 29.1 Å². The van der Waals surface area contributed by atoms with Gasteiger partial charge in [-0.15, -0.1) is 5.10 Å². The first kappa shape index (κ1) is 30.7. The van der Waals surface area contributed by atoms with Crippen LogP contribution in [0.4, 0.5) is 24.5 Å². The van der Waals surface area contributed by atoms with E-state index in [2.05, 4.69) is 27.3 Å². The van der Waals surface area contributed by atoms with Crippen molar-refractivity contribution in [2.75, 3.05) is 23.8 Å². The zero-order valence-corrected chi connectivity index (χ0v) is 24.1. The van der Waals surface area contributed by atoms with Crippen molar-refractivity contribution in [2.45, 2.75) is 32.5 Å². The number of carbonyl (C=O) groups is 2. The maximum absolute atomic E-state index is 14.1. The number of fused-ring (bicyclic) bond motifs is 1. The second kappa shape index (κ2) is 12.5. The van der Waals surface area contributed by atoms with Gasteiger partial charge in [0.1, 0.15) is 6.54 Å². The van der Waals surface area contributed by atoms with Crippen molar-refractivity contribution in [3.05, 3.63) is 93.7 Å². The monoisotopic (exact) mass is 626 g/mol. The number of aromatic nitrogens is 4. The van der Waals surface area contributed by atoms with Gasteiger partial charge >= 0.3 is 6.18 Å². The van der Waals surface area contributed by atoms with E-state index >= 15 is 0 Å². The molecule has 0 atom stereocenters. The number of nitrogens with one attached hydrogen (secondary N) is 2. The average molecular weight is 627 g/mol. The summed E-state index contributed by atoms with van der Waals surface area (Å²) in [4.78, 5) is 44.3. The maximum Gasteiger partial charge on any atom is 0.416 e. The van der Waals surface area contributed by atoms with E-state index in [0.717, 1.165) is 40.4 Å². The Labute approximate surface area is 253 Å². The molecular formula is C30H26ClF3N6O4. The molecule has 0 unspecified atom stereocenters. The Morgan fingerprint density at radius 1 is 1.16 bits per heavy atom. The number of benzene rings is 2. The summed E-state index contributed by atoms with van der Waals surface area (Å²) in [7, 11) is 0. The number of hydrogen-bond donors (Lipinski definition) is 2. The minimum absolute atomic E-state index is 0.0891. The van der Waals surface area contributed by atoms with Gasteiger partial charge in [0, 0.05) is 22.0 Å². The highest BCUT2D eigenvalue weighted by Crippen LogP contribution is 2.33. The maximum atomic E-state index is 14.1. The topological polar surface area (TPSA) is 120 Å². The first-order valence-corrected chi connectivity index (χ1v) is 13.9. The molecule has 0 fully saturated rings. The highest BCUT2D eigenvalue weighted by atomic mass is 35.5. The molecule has 5 rings (SSSR count). The summed E-state index contributed by atoms with van der Waals surface area (Å²) < 4.78 is 47.0. The summed E-state index contributed by atoms with van der Waals surface area (Å²) in [5.74, 6) is -0.732. The Morgan fingerprint density at radius 3 is 2.55 bits per heavy atom. The number of rotatable bonds is 8. The number of anilines is 2. The highest BCUT2D eigenvalue weighted by molar-refractivity contribution is 6.31. The zero-order chi connectivity index (χ0) is 31.6. The number of ether oxygens (including phenoxy) is 1. The van der Waals surface area contributed by atoms with Crippen LogP contribution >= 0.6 is 11.6 Å². The van der Waals surface area contributed by atoms with Crippen LogP contribution in [0.5, 0.6) is 0 Å². The lowest BCUT2D eigenvalue weighted by molar-refractivity contribution is -0.137. The molecule has 2 aromatic carbocycles. The lowest BCUT2D eigenvalue weighted by Crippen LogP contribution is -2.29. The van der Waals surface area contributed by atoms with Crippen LogP contribution in [-0.2, 0) is 33.5 Å². The SMILES string of the molecule is C=CC(=O)Nc1cc(Cl)ccc1-c1c(CC)n(CC(=O)Nc2ccc(C(F)(F)F)cc2)c2nc(C3=CCOCC3)nn2c1=O. The van der Waals surface area contributed by atoms with E-state index in [1.165, 1.54) is 10.6 Å². The van der Waals surface area contributed by atoms with Gasteiger partial charge in [0.2, 0.25) is 17.6 Å². The van der Waals surface area contributed by atoms with Gasteiger partial charge in [-0.05, 0) is 60.9 Å². The van der Waals surface area contributed by atoms with Crippen LogP contribution in [0.25, 0.3) is 22.5 Å². The fraction of sp³-hybridized carbons (Fsp3) is 0.233. The molecule has 1 aliphatic heterocycles. The van der Waals surface area contributed by atoms with Crippen molar-refractivity contribution in [1.29, 1.82) is 0 Å².